The molecule has 0 unspecified atom stereocenters. The second-order valence-electron chi connectivity index (χ2n) is 7.33. The average molecular weight is 382 g/mol. The average Bonchev–Trinajstić information content (AvgIpc) is 2.66. The molecule has 2 aromatic rings. The summed E-state index contributed by atoms with van der Waals surface area (Å²) < 4.78 is 5.76. The van der Waals surface area contributed by atoms with E-state index < -0.39 is 5.97 Å². The van der Waals surface area contributed by atoms with E-state index in [0.717, 1.165) is 25.2 Å². The maximum Gasteiger partial charge on any atom is 0.335 e. The number of hydrogen-bond donors (Lipinski definition) is 2. The lowest BCUT2D eigenvalue weighted by Gasteiger charge is -2.35. The van der Waals surface area contributed by atoms with Gasteiger partial charge >= 0.3 is 5.97 Å². The molecule has 1 fully saturated rings. The molecular formula is C22H26N2O4. The predicted octanol–water partition coefficient (Wildman–Crippen LogP) is 2.92. The van der Waals surface area contributed by atoms with E-state index in [4.69, 9.17) is 9.84 Å². The molecule has 1 heterocycles. The highest BCUT2D eigenvalue weighted by Gasteiger charge is 2.22. The van der Waals surface area contributed by atoms with Crippen LogP contribution in [0.15, 0.2) is 48.5 Å². The summed E-state index contributed by atoms with van der Waals surface area (Å²) in [5.74, 6) is -1.11. The molecule has 0 aromatic heterocycles. The van der Waals surface area contributed by atoms with Gasteiger partial charge in [0.2, 0.25) is 0 Å². The van der Waals surface area contributed by atoms with Crippen LogP contribution in [-0.2, 0) is 17.8 Å². The number of benzene rings is 2. The molecule has 0 saturated carbocycles. The Kier molecular flexibility index (Phi) is 6.44. The van der Waals surface area contributed by atoms with Crippen molar-refractivity contribution in [2.45, 2.75) is 39.1 Å². The molecule has 0 bridgehead atoms. The van der Waals surface area contributed by atoms with Gasteiger partial charge in [-0.25, -0.2) is 4.79 Å². The summed E-state index contributed by atoms with van der Waals surface area (Å²) in [5, 5.41) is 11.8. The van der Waals surface area contributed by atoms with Gasteiger partial charge in [0.25, 0.3) is 5.91 Å². The van der Waals surface area contributed by atoms with Crippen LogP contribution in [-0.4, -0.2) is 47.2 Å². The maximum absolute atomic E-state index is 12.3. The van der Waals surface area contributed by atoms with E-state index in [0.29, 0.717) is 12.1 Å². The van der Waals surface area contributed by atoms with Crippen LogP contribution < -0.4 is 5.32 Å². The van der Waals surface area contributed by atoms with Crippen LogP contribution in [0, 0.1) is 0 Å². The molecule has 1 amide bonds. The molecule has 2 aromatic carbocycles. The summed E-state index contributed by atoms with van der Waals surface area (Å²) in [4.78, 5) is 25.6. The molecule has 0 spiro atoms. The van der Waals surface area contributed by atoms with Gasteiger partial charge in [-0.05, 0) is 49.2 Å². The summed E-state index contributed by atoms with van der Waals surface area (Å²) in [6, 6.07) is 14.1. The first-order chi connectivity index (χ1) is 13.4. The molecule has 6 nitrogen and oxygen atoms in total. The molecule has 2 atom stereocenters. The predicted molar refractivity (Wildman–Crippen MR) is 106 cm³/mol. The number of hydrogen-bond acceptors (Lipinski definition) is 4. The van der Waals surface area contributed by atoms with Crippen molar-refractivity contribution in [2.24, 2.45) is 0 Å². The third-order valence-electron chi connectivity index (χ3n) is 4.77. The fourth-order valence-electron chi connectivity index (χ4n) is 3.48. The van der Waals surface area contributed by atoms with Gasteiger partial charge in [0.15, 0.2) is 0 Å². The van der Waals surface area contributed by atoms with E-state index in [9.17, 15) is 9.59 Å². The molecule has 0 aliphatic carbocycles. The van der Waals surface area contributed by atoms with Gasteiger partial charge in [0.1, 0.15) is 0 Å². The number of carboxylic acids is 1. The number of morpholine rings is 1. The van der Waals surface area contributed by atoms with Crippen LogP contribution in [0.3, 0.4) is 0 Å². The molecule has 28 heavy (non-hydrogen) atoms. The number of rotatable bonds is 6. The number of aromatic carboxylic acids is 1. The zero-order valence-electron chi connectivity index (χ0n) is 16.2. The van der Waals surface area contributed by atoms with Gasteiger partial charge in [-0.15, -0.1) is 0 Å². The molecule has 148 valence electrons. The molecular weight excluding hydrogens is 356 g/mol. The topological polar surface area (TPSA) is 78.9 Å². The Labute approximate surface area is 165 Å². The normalized spacial score (nSPS) is 19.9. The van der Waals surface area contributed by atoms with E-state index >= 15 is 0 Å². The van der Waals surface area contributed by atoms with Crippen LogP contribution in [0.1, 0.15) is 45.7 Å². The van der Waals surface area contributed by atoms with Crippen molar-refractivity contribution >= 4 is 11.9 Å². The zero-order valence-corrected chi connectivity index (χ0v) is 16.2. The number of ether oxygens (including phenoxy) is 1. The molecule has 6 heteroatoms. The monoisotopic (exact) mass is 382 g/mol. The van der Waals surface area contributed by atoms with Crippen LogP contribution >= 0.6 is 0 Å². The van der Waals surface area contributed by atoms with E-state index in [1.54, 1.807) is 12.1 Å². The Morgan fingerprint density at radius 2 is 1.50 bits per heavy atom. The highest BCUT2D eigenvalue weighted by molar-refractivity contribution is 5.94. The largest absolute Gasteiger partial charge is 0.478 e. The summed E-state index contributed by atoms with van der Waals surface area (Å²) in [6.45, 7) is 7.19. The van der Waals surface area contributed by atoms with Crippen molar-refractivity contribution in [2.75, 3.05) is 13.1 Å². The molecule has 2 N–H and O–H groups in total. The van der Waals surface area contributed by atoms with Crippen LogP contribution in [0.2, 0.25) is 0 Å². The number of carbonyl (C=O) groups excluding carboxylic acids is 1. The first-order valence-corrected chi connectivity index (χ1v) is 9.48. The Morgan fingerprint density at radius 1 is 0.964 bits per heavy atom. The van der Waals surface area contributed by atoms with Crippen molar-refractivity contribution in [3.63, 3.8) is 0 Å². The lowest BCUT2D eigenvalue weighted by molar-refractivity contribution is -0.0704. The third-order valence-corrected chi connectivity index (χ3v) is 4.77. The minimum absolute atomic E-state index is 0.150. The Bertz CT molecular complexity index is 807. The Morgan fingerprint density at radius 3 is 2.07 bits per heavy atom. The number of carboxylic acid groups (broad SMARTS) is 1. The smallest absolute Gasteiger partial charge is 0.335 e. The highest BCUT2D eigenvalue weighted by atomic mass is 16.5. The maximum atomic E-state index is 12.3. The first-order valence-electron chi connectivity index (χ1n) is 9.48. The van der Waals surface area contributed by atoms with Gasteiger partial charge in [0.05, 0.1) is 17.8 Å². The first kappa shape index (κ1) is 20.0. The summed E-state index contributed by atoms with van der Waals surface area (Å²) in [7, 11) is 0. The van der Waals surface area contributed by atoms with Crippen LogP contribution in [0.5, 0.6) is 0 Å². The number of amides is 1. The van der Waals surface area contributed by atoms with Gasteiger partial charge in [-0.2, -0.15) is 0 Å². The van der Waals surface area contributed by atoms with Crippen molar-refractivity contribution in [3.8, 4) is 0 Å². The van der Waals surface area contributed by atoms with Gasteiger partial charge in [0, 0.05) is 31.7 Å². The minimum Gasteiger partial charge on any atom is -0.478 e. The summed E-state index contributed by atoms with van der Waals surface area (Å²) in [6.07, 6.45) is 0.469. The molecule has 0 radical (unpaired) electrons. The van der Waals surface area contributed by atoms with Crippen molar-refractivity contribution in [3.05, 3.63) is 70.8 Å². The standard InChI is InChI=1S/C22H26N2O4/c1-15-12-24(13-16(2)28-15)14-18-5-7-19(8-6-18)21(25)23-11-17-3-9-20(10-4-17)22(26)27/h3-10,15-16H,11-14H2,1-2H3,(H,23,25)(H,26,27)/t15-,16+. The Hall–Kier alpha value is -2.70. The van der Waals surface area contributed by atoms with E-state index in [1.165, 1.54) is 17.7 Å². The third kappa shape index (κ3) is 5.41. The second-order valence-corrected chi connectivity index (χ2v) is 7.33. The number of carbonyl (C=O) groups is 2. The van der Waals surface area contributed by atoms with Crippen LogP contribution in [0.4, 0.5) is 0 Å². The molecule has 3 rings (SSSR count). The Balaban J connectivity index is 1.52. The molecule has 1 aliphatic heterocycles. The fourth-order valence-corrected chi connectivity index (χ4v) is 3.48. The van der Waals surface area contributed by atoms with E-state index in [2.05, 4.69) is 24.1 Å². The van der Waals surface area contributed by atoms with Gasteiger partial charge in [-0.1, -0.05) is 24.3 Å². The lowest BCUT2D eigenvalue weighted by atomic mass is 10.1. The van der Waals surface area contributed by atoms with E-state index in [1.807, 2.05) is 24.3 Å². The second kappa shape index (κ2) is 8.99. The van der Waals surface area contributed by atoms with Crippen LogP contribution in [0.25, 0.3) is 0 Å². The summed E-state index contributed by atoms with van der Waals surface area (Å²) >= 11 is 0. The lowest BCUT2D eigenvalue weighted by Crippen LogP contribution is -2.44. The highest BCUT2D eigenvalue weighted by Crippen LogP contribution is 2.15. The van der Waals surface area contributed by atoms with Crippen molar-refractivity contribution in [1.82, 2.24) is 10.2 Å². The van der Waals surface area contributed by atoms with Gasteiger partial charge < -0.3 is 15.2 Å². The SMILES string of the molecule is C[C@@H]1CN(Cc2ccc(C(=O)NCc3ccc(C(=O)O)cc3)cc2)C[C@H](C)O1. The van der Waals surface area contributed by atoms with Crippen molar-refractivity contribution in [1.29, 1.82) is 0 Å². The zero-order chi connectivity index (χ0) is 20.1. The fraction of sp³-hybridized carbons (Fsp3) is 0.364. The number of nitrogens with zero attached hydrogens (tertiary/aromatic N) is 1. The van der Waals surface area contributed by atoms with Gasteiger partial charge in [-0.3, -0.25) is 9.69 Å². The number of nitrogens with one attached hydrogen (secondary N) is 1. The summed E-state index contributed by atoms with van der Waals surface area (Å²) in [5.41, 5.74) is 2.86. The molecule has 1 saturated heterocycles. The molecule has 1 aliphatic rings. The van der Waals surface area contributed by atoms with Crippen molar-refractivity contribution < 1.29 is 19.4 Å². The quantitative estimate of drug-likeness (QED) is 0.803. The minimum atomic E-state index is -0.961. The van der Waals surface area contributed by atoms with E-state index in [-0.39, 0.29) is 23.7 Å².